The molecule has 3 rings (SSSR count). The van der Waals surface area contributed by atoms with Crippen LogP contribution < -0.4 is 4.74 Å². The molecule has 0 bridgehead atoms. The zero-order valence-corrected chi connectivity index (χ0v) is 13.7. The second-order valence-corrected chi connectivity index (χ2v) is 5.48. The number of ether oxygens (including phenoxy) is 1. The number of aromatic nitrogens is 1. The summed E-state index contributed by atoms with van der Waals surface area (Å²) in [7, 11) is 1.68. The van der Waals surface area contributed by atoms with E-state index in [0.717, 1.165) is 22.8 Å². The standard InChI is InChI=1S/C20H20N2O/c1-15-6-4-5-7-20(15)21-14-18-9-8-16(2)22(18)17-10-12-19(23-3)13-11-17/h4-14H,1-3H3. The normalized spacial score (nSPS) is 11.1. The van der Waals surface area contributed by atoms with E-state index in [1.54, 1.807) is 7.11 Å². The van der Waals surface area contributed by atoms with Crippen molar-refractivity contribution in [3.05, 3.63) is 77.6 Å². The molecule has 3 aromatic rings. The van der Waals surface area contributed by atoms with E-state index >= 15 is 0 Å². The summed E-state index contributed by atoms with van der Waals surface area (Å²) in [5, 5.41) is 0. The van der Waals surface area contributed by atoms with Crippen molar-refractivity contribution in [3.63, 3.8) is 0 Å². The average molecular weight is 304 g/mol. The van der Waals surface area contributed by atoms with Crippen molar-refractivity contribution in [2.75, 3.05) is 7.11 Å². The quantitative estimate of drug-likeness (QED) is 0.633. The number of rotatable bonds is 4. The molecule has 0 atom stereocenters. The molecule has 1 aromatic heterocycles. The number of para-hydroxylation sites is 1. The van der Waals surface area contributed by atoms with Crippen molar-refractivity contribution in [1.29, 1.82) is 0 Å². The Morgan fingerprint density at radius 3 is 2.35 bits per heavy atom. The average Bonchev–Trinajstić information content (AvgIpc) is 2.95. The Morgan fingerprint density at radius 2 is 1.65 bits per heavy atom. The lowest BCUT2D eigenvalue weighted by atomic mass is 10.2. The zero-order valence-electron chi connectivity index (χ0n) is 13.7. The highest BCUT2D eigenvalue weighted by Crippen LogP contribution is 2.21. The summed E-state index contributed by atoms with van der Waals surface area (Å²) in [6.45, 7) is 4.16. The molecule has 116 valence electrons. The van der Waals surface area contributed by atoms with Crippen molar-refractivity contribution >= 4 is 11.9 Å². The Bertz CT molecular complexity index is 829. The van der Waals surface area contributed by atoms with Gasteiger partial charge < -0.3 is 9.30 Å². The van der Waals surface area contributed by atoms with Gasteiger partial charge >= 0.3 is 0 Å². The molecule has 0 fully saturated rings. The third-order valence-corrected chi connectivity index (χ3v) is 3.89. The Labute approximate surface area is 136 Å². The van der Waals surface area contributed by atoms with Gasteiger partial charge in [0.2, 0.25) is 0 Å². The summed E-state index contributed by atoms with van der Waals surface area (Å²) in [6.07, 6.45) is 1.92. The highest BCUT2D eigenvalue weighted by Gasteiger charge is 2.06. The molecule has 23 heavy (non-hydrogen) atoms. The van der Waals surface area contributed by atoms with Crippen LogP contribution in [0.3, 0.4) is 0 Å². The van der Waals surface area contributed by atoms with Gasteiger partial charge in [-0.05, 0) is 61.9 Å². The maximum atomic E-state index is 5.23. The van der Waals surface area contributed by atoms with Gasteiger partial charge in [0.15, 0.2) is 0 Å². The number of nitrogens with zero attached hydrogens (tertiary/aromatic N) is 2. The molecule has 0 aliphatic carbocycles. The molecular weight excluding hydrogens is 284 g/mol. The largest absolute Gasteiger partial charge is 0.497 e. The van der Waals surface area contributed by atoms with Crippen LogP contribution in [0.5, 0.6) is 5.75 Å². The molecule has 0 unspecified atom stereocenters. The maximum Gasteiger partial charge on any atom is 0.119 e. The Kier molecular flexibility index (Phi) is 4.29. The fourth-order valence-electron chi connectivity index (χ4n) is 2.59. The predicted octanol–water partition coefficient (Wildman–Crippen LogP) is 4.85. The van der Waals surface area contributed by atoms with Gasteiger partial charge in [0.1, 0.15) is 5.75 Å². The Hall–Kier alpha value is -2.81. The molecule has 0 aliphatic rings. The minimum atomic E-state index is 0.855. The van der Waals surface area contributed by atoms with Crippen molar-refractivity contribution in [2.24, 2.45) is 4.99 Å². The second-order valence-electron chi connectivity index (χ2n) is 5.48. The van der Waals surface area contributed by atoms with E-state index in [2.05, 4.69) is 53.7 Å². The molecule has 2 aromatic carbocycles. The summed E-state index contributed by atoms with van der Waals surface area (Å²) >= 11 is 0. The van der Waals surface area contributed by atoms with Gasteiger partial charge in [-0.2, -0.15) is 0 Å². The first-order chi connectivity index (χ1) is 11.2. The number of hydrogen-bond donors (Lipinski definition) is 0. The van der Waals surface area contributed by atoms with Crippen LogP contribution in [-0.4, -0.2) is 17.9 Å². The zero-order chi connectivity index (χ0) is 16.2. The molecule has 3 heteroatoms. The molecule has 1 heterocycles. The van der Waals surface area contributed by atoms with Crippen molar-refractivity contribution in [2.45, 2.75) is 13.8 Å². The van der Waals surface area contributed by atoms with Gasteiger partial charge in [0.25, 0.3) is 0 Å². The minimum absolute atomic E-state index is 0.855. The lowest BCUT2D eigenvalue weighted by Gasteiger charge is -2.10. The highest BCUT2D eigenvalue weighted by atomic mass is 16.5. The summed E-state index contributed by atoms with van der Waals surface area (Å²) in [5.74, 6) is 0.855. The molecular formula is C20H20N2O. The van der Waals surface area contributed by atoms with Crippen molar-refractivity contribution < 1.29 is 4.74 Å². The summed E-state index contributed by atoms with van der Waals surface area (Å²) in [5.41, 5.74) is 5.48. The topological polar surface area (TPSA) is 26.5 Å². The van der Waals surface area contributed by atoms with E-state index in [4.69, 9.17) is 4.74 Å². The maximum absolute atomic E-state index is 5.23. The lowest BCUT2D eigenvalue weighted by Crippen LogP contribution is -2.01. The molecule has 0 amide bonds. The number of methoxy groups -OCH3 is 1. The third kappa shape index (κ3) is 3.19. The molecule has 0 saturated carbocycles. The van der Waals surface area contributed by atoms with Gasteiger partial charge in [0.05, 0.1) is 24.7 Å². The summed E-state index contributed by atoms with van der Waals surface area (Å²) < 4.78 is 7.41. The van der Waals surface area contributed by atoms with E-state index in [1.807, 2.05) is 36.5 Å². The van der Waals surface area contributed by atoms with Crippen LogP contribution in [0.25, 0.3) is 5.69 Å². The highest BCUT2D eigenvalue weighted by molar-refractivity contribution is 5.82. The summed E-state index contributed by atoms with van der Waals surface area (Å²) in [4.78, 5) is 4.64. The number of benzene rings is 2. The Balaban J connectivity index is 1.97. The van der Waals surface area contributed by atoms with Crippen LogP contribution in [0.1, 0.15) is 17.0 Å². The van der Waals surface area contributed by atoms with Crippen molar-refractivity contribution in [1.82, 2.24) is 4.57 Å². The molecule has 3 nitrogen and oxygen atoms in total. The minimum Gasteiger partial charge on any atom is -0.497 e. The predicted molar refractivity (Wildman–Crippen MR) is 95.5 cm³/mol. The molecule has 0 radical (unpaired) electrons. The molecule has 0 aliphatic heterocycles. The van der Waals surface area contributed by atoms with Gasteiger partial charge in [-0.15, -0.1) is 0 Å². The first kappa shape index (κ1) is 15.1. The van der Waals surface area contributed by atoms with Gasteiger partial charge in [-0.1, -0.05) is 18.2 Å². The van der Waals surface area contributed by atoms with Crippen LogP contribution in [0.15, 0.2) is 65.7 Å². The first-order valence-corrected chi connectivity index (χ1v) is 7.61. The number of hydrogen-bond acceptors (Lipinski definition) is 2. The van der Waals surface area contributed by atoms with E-state index in [-0.39, 0.29) is 0 Å². The lowest BCUT2D eigenvalue weighted by molar-refractivity contribution is 0.414. The molecule has 0 N–H and O–H groups in total. The monoisotopic (exact) mass is 304 g/mol. The van der Waals surface area contributed by atoms with Gasteiger partial charge in [0, 0.05) is 11.4 Å². The van der Waals surface area contributed by atoms with Gasteiger partial charge in [-0.3, -0.25) is 4.99 Å². The second kappa shape index (κ2) is 6.53. The smallest absolute Gasteiger partial charge is 0.119 e. The first-order valence-electron chi connectivity index (χ1n) is 7.61. The van der Waals surface area contributed by atoms with E-state index in [0.29, 0.717) is 0 Å². The van der Waals surface area contributed by atoms with Crippen LogP contribution in [0.2, 0.25) is 0 Å². The van der Waals surface area contributed by atoms with Crippen LogP contribution in [0.4, 0.5) is 5.69 Å². The molecule has 0 saturated heterocycles. The fraction of sp³-hybridized carbons (Fsp3) is 0.150. The fourth-order valence-corrected chi connectivity index (χ4v) is 2.59. The SMILES string of the molecule is COc1ccc(-n2c(C)ccc2C=Nc2ccccc2C)cc1. The molecule has 0 spiro atoms. The summed E-state index contributed by atoms with van der Waals surface area (Å²) in [6, 6.07) is 20.4. The van der Waals surface area contributed by atoms with Crippen LogP contribution in [-0.2, 0) is 0 Å². The number of aryl methyl sites for hydroxylation is 2. The number of aliphatic imine (C=N–C) groups is 1. The third-order valence-electron chi connectivity index (χ3n) is 3.89. The van der Waals surface area contributed by atoms with Gasteiger partial charge in [-0.25, -0.2) is 0 Å². The van der Waals surface area contributed by atoms with E-state index < -0.39 is 0 Å². The van der Waals surface area contributed by atoms with Crippen LogP contribution >= 0.6 is 0 Å². The van der Waals surface area contributed by atoms with E-state index in [9.17, 15) is 0 Å². The van der Waals surface area contributed by atoms with E-state index in [1.165, 1.54) is 11.3 Å². The van der Waals surface area contributed by atoms with Crippen molar-refractivity contribution in [3.8, 4) is 11.4 Å². The Morgan fingerprint density at radius 1 is 0.913 bits per heavy atom. The van der Waals surface area contributed by atoms with Crippen LogP contribution in [0, 0.1) is 13.8 Å².